The topological polar surface area (TPSA) is 9.23 Å². The highest BCUT2D eigenvalue weighted by atomic mass is 35.5. The first-order valence-corrected chi connectivity index (χ1v) is 6.58. The van der Waals surface area contributed by atoms with E-state index < -0.39 is 17.3 Å². The lowest BCUT2D eigenvalue weighted by Crippen LogP contribution is -2.11. The molecule has 1 aromatic rings. The predicted molar refractivity (Wildman–Crippen MR) is 79.4 cm³/mol. The maximum Gasteiger partial charge on any atom is 0.273 e. The average molecular weight is 317 g/mol. The van der Waals surface area contributed by atoms with Crippen LogP contribution >= 0.6 is 11.6 Å². The number of alkyl halides is 2. The number of ether oxygens (including phenoxy) is 1. The Hall–Kier alpha value is -1.68. The third-order valence-electron chi connectivity index (χ3n) is 2.54. The van der Waals surface area contributed by atoms with Crippen LogP contribution in [-0.2, 0) is 5.92 Å². The molecule has 0 aromatic heterocycles. The van der Waals surface area contributed by atoms with Crippen LogP contribution in [0, 0.1) is 5.82 Å². The first-order valence-electron chi connectivity index (χ1n) is 6.20. The fourth-order valence-corrected chi connectivity index (χ4v) is 1.80. The minimum atomic E-state index is -3.25. The quantitative estimate of drug-likeness (QED) is 0.623. The zero-order valence-electron chi connectivity index (χ0n) is 11.8. The molecule has 5 heteroatoms. The highest BCUT2D eigenvalue weighted by Crippen LogP contribution is 2.33. The zero-order valence-corrected chi connectivity index (χ0v) is 12.6. The second kappa shape index (κ2) is 7.36. The fraction of sp³-hybridized carbons (Fsp3) is 0.250. The Labute approximate surface area is 127 Å². The van der Waals surface area contributed by atoms with Crippen LogP contribution in [0.1, 0.15) is 19.4 Å². The van der Waals surface area contributed by atoms with Gasteiger partial charge in [-0.2, -0.15) is 0 Å². The molecule has 114 valence electrons. The first kappa shape index (κ1) is 17.4. The summed E-state index contributed by atoms with van der Waals surface area (Å²) in [4.78, 5) is 0. The monoisotopic (exact) mass is 316 g/mol. The van der Waals surface area contributed by atoms with Gasteiger partial charge in [-0.3, -0.25) is 0 Å². The standard InChI is InChI=1S/C16H16ClF3O/c1-11(10-12(2)17)6-5-9-21-14-8-4-7-13(15(14)18)16(3,19)20/h4-8,10H,2,9H2,1,3H3/b6-5-,11-10-. The number of halogens is 4. The molecule has 0 aliphatic heterocycles. The molecule has 0 bridgehead atoms. The average Bonchev–Trinajstić information content (AvgIpc) is 2.34. The van der Waals surface area contributed by atoms with Crippen molar-refractivity contribution in [2.24, 2.45) is 0 Å². The molecule has 0 amide bonds. The first-order chi connectivity index (χ1) is 9.71. The number of hydrogen-bond acceptors (Lipinski definition) is 1. The molecule has 0 aliphatic carbocycles. The van der Waals surface area contributed by atoms with Crippen molar-refractivity contribution in [3.8, 4) is 5.75 Å². The van der Waals surface area contributed by atoms with Crippen LogP contribution in [0.2, 0.25) is 0 Å². The summed E-state index contributed by atoms with van der Waals surface area (Å²) in [6.45, 7) is 6.02. The van der Waals surface area contributed by atoms with Crippen LogP contribution in [-0.4, -0.2) is 6.61 Å². The molecule has 0 fully saturated rings. The van der Waals surface area contributed by atoms with Gasteiger partial charge in [0, 0.05) is 12.0 Å². The van der Waals surface area contributed by atoms with Gasteiger partial charge in [-0.15, -0.1) is 0 Å². The number of benzene rings is 1. The molecule has 0 atom stereocenters. The molecule has 0 aliphatic rings. The van der Waals surface area contributed by atoms with Gasteiger partial charge in [0.1, 0.15) is 6.61 Å². The van der Waals surface area contributed by atoms with Gasteiger partial charge in [-0.1, -0.05) is 30.3 Å². The largest absolute Gasteiger partial charge is 0.486 e. The summed E-state index contributed by atoms with van der Waals surface area (Å²) < 4.78 is 45.4. The van der Waals surface area contributed by atoms with Gasteiger partial charge in [0.2, 0.25) is 0 Å². The van der Waals surface area contributed by atoms with E-state index in [-0.39, 0.29) is 12.4 Å². The van der Waals surface area contributed by atoms with Crippen molar-refractivity contribution in [2.75, 3.05) is 6.61 Å². The van der Waals surface area contributed by atoms with Crippen molar-refractivity contribution in [2.45, 2.75) is 19.8 Å². The molecule has 0 spiro atoms. The second-order valence-corrected chi connectivity index (χ2v) is 5.04. The van der Waals surface area contributed by atoms with E-state index in [1.807, 2.05) is 6.92 Å². The summed E-state index contributed by atoms with van der Waals surface area (Å²) >= 11 is 5.61. The molecule has 0 radical (unpaired) electrons. The van der Waals surface area contributed by atoms with Gasteiger partial charge in [0.15, 0.2) is 11.6 Å². The lowest BCUT2D eigenvalue weighted by atomic mass is 10.1. The van der Waals surface area contributed by atoms with Crippen LogP contribution in [0.5, 0.6) is 5.75 Å². The molecule has 21 heavy (non-hydrogen) atoms. The Balaban J connectivity index is 2.74. The summed E-state index contributed by atoms with van der Waals surface area (Å²) in [5.41, 5.74) is 0.159. The third-order valence-corrected chi connectivity index (χ3v) is 2.65. The van der Waals surface area contributed by atoms with Gasteiger partial charge in [-0.05, 0) is 36.8 Å². The van der Waals surface area contributed by atoms with E-state index in [2.05, 4.69) is 6.58 Å². The maximum absolute atomic E-state index is 13.9. The lowest BCUT2D eigenvalue weighted by molar-refractivity contribution is 0.0132. The van der Waals surface area contributed by atoms with E-state index in [1.165, 1.54) is 12.1 Å². The molecule has 0 saturated heterocycles. The normalized spacial score (nSPS) is 12.8. The molecular formula is C16H16ClF3O. The molecule has 1 aromatic carbocycles. The van der Waals surface area contributed by atoms with Crippen molar-refractivity contribution < 1.29 is 17.9 Å². The third kappa shape index (κ3) is 5.68. The van der Waals surface area contributed by atoms with Crippen LogP contribution < -0.4 is 4.74 Å². The van der Waals surface area contributed by atoms with Crippen molar-refractivity contribution in [3.05, 3.63) is 65.0 Å². The van der Waals surface area contributed by atoms with E-state index in [9.17, 15) is 13.2 Å². The summed E-state index contributed by atoms with van der Waals surface area (Å²) in [6, 6.07) is 3.68. The van der Waals surface area contributed by atoms with Crippen molar-refractivity contribution in [1.29, 1.82) is 0 Å². The van der Waals surface area contributed by atoms with Crippen LogP contribution in [0.4, 0.5) is 13.2 Å². The van der Waals surface area contributed by atoms with E-state index in [1.54, 1.807) is 18.2 Å². The SMILES string of the molecule is C=C(Cl)/C=C(C)\C=C/COc1cccc(C(C)(F)F)c1F. The Morgan fingerprint density at radius 2 is 2.10 bits per heavy atom. The van der Waals surface area contributed by atoms with Gasteiger partial charge < -0.3 is 4.74 Å². The highest BCUT2D eigenvalue weighted by Gasteiger charge is 2.29. The molecule has 0 heterocycles. The van der Waals surface area contributed by atoms with Crippen molar-refractivity contribution >= 4 is 11.6 Å². The molecule has 1 nitrogen and oxygen atoms in total. The number of rotatable bonds is 6. The Kier molecular flexibility index (Phi) is 6.09. The molecular weight excluding hydrogens is 301 g/mol. The van der Waals surface area contributed by atoms with Crippen LogP contribution in [0.15, 0.2) is 53.6 Å². The second-order valence-electron chi connectivity index (χ2n) is 4.55. The minimum Gasteiger partial charge on any atom is -0.486 e. The van der Waals surface area contributed by atoms with Gasteiger partial charge in [0.05, 0.1) is 5.56 Å². The van der Waals surface area contributed by atoms with Gasteiger partial charge in [-0.25, -0.2) is 13.2 Å². The lowest BCUT2D eigenvalue weighted by Gasteiger charge is -2.14. The van der Waals surface area contributed by atoms with E-state index in [0.717, 1.165) is 11.6 Å². The van der Waals surface area contributed by atoms with E-state index in [0.29, 0.717) is 12.0 Å². The molecule has 0 unspecified atom stereocenters. The predicted octanol–water partition coefficient (Wildman–Crippen LogP) is 5.57. The minimum absolute atomic E-state index is 0.0512. The zero-order chi connectivity index (χ0) is 16.0. The van der Waals surface area contributed by atoms with Crippen LogP contribution in [0.3, 0.4) is 0 Å². The summed E-state index contributed by atoms with van der Waals surface area (Å²) in [5, 5.41) is 0.391. The van der Waals surface area contributed by atoms with E-state index >= 15 is 0 Å². The van der Waals surface area contributed by atoms with Crippen molar-refractivity contribution in [1.82, 2.24) is 0 Å². The van der Waals surface area contributed by atoms with Crippen LogP contribution in [0.25, 0.3) is 0 Å². The maximum atomic E-state index is 13.9. The Morgan fingerprint density at radius 3 is 2.67 bits per heavy atom. The number of hydrogen-bond donors (Lipinski definition) is 0. The highest BCUT2D eigenvalue weighted by molar-refractivity contribution is 6.30. The Morgan fingerprint density at radius 1 is 1.43 bits per heavy atom. The Bertz CT molecular complexity index is 571. The smallest absolute Gasteiger partial charge is 0.273 e. The summed E-state index contributed by atoms with van der Waals surface area (Å²) in [6.07, 6.45) is 4.99. The molecule has 0 saturated carbocycles. The number of allylic oxidation sites excluding steroid dienone is 4. The molecule has 1 rings (SSSR count). The van der Waals surface area contributed by atoms with Gasteiger partial charge >= 0.3 is 0 Å². The summed E-state index contributed by atoms with van der Waals surface area (Å²) in [5.74, 6) is -4.50. The fourth-order valence-electron chi connectivity index (χ4n) is 1.63. The summed E-state index contributed by atoms with van der Waals surface area (Å²) in [7, 11) is 0. The van der Waals surface area contributed by atoms with Crippen molar-refractivity contribution in [3.63, 3.8) is 0 Å². The van der Waals surface area contributed by atoms with Gasteiger partial charge in [0.25, 0.3) is 5.92 Å². The molecule has 0 N–H and O–H groups in total. The van der Waals surface area contributed by atoms with E-state index in [4.69, 9.17) is 16.3 Å².